The van der Waals surface area contributed by atoms with Gasteiger partial charge in [-0.3, -0.25) is 4.98 Å². The van der Waals surface area contributed by atoms with Crippen LogP contribution in [0, 0.1) is 0 Å². The van der Waals surface area contributed by atoms with Crippen molar-refractivity contribution in [3.05, 3.63) is 47.4 Å². The lowest BCUT2D eigenvalue weighted by atomic mass is 10.2. The molecule has 88 valence electrons. The van der Waals surface area contributed by atoms with Gasteiger partial charge in [0.2, 0.25) is 0 Å². The van der Waals surface area contributed by atoms with Gasteiger partial charge in [-0.25, -0.2) is 4.98 Å². The fourth-order valence-corrected chi connectivity index (χ4v) is 1.73. The van der Waals surface area contributed by atoms with Crippen LogP contribution in [0.5, 0.6) is 0 Å². The molecule has 0 radical (unpaired) electrons. The Labute approximate surface area is 105 Å². The maximum Gasteiger partial charge on any atom is 0.153 e. The van der Waals surface area contributed by atoms with Crippen molar-refractivity contribution >= 4 is 23.1 Å². The van der Waals surface area contributed by atoms with Crippen LogP contribution in [0.3, 0.4) is 0 Å². The van der Waals surface area contributed by atoms with Crippen LogP contribution in [-0.4, -0.2) is 17.0 Å². The Bertz CT molecular complexity index is 501. The Morgan fingerprint density at radius 2 is 2.18 bits per heavy atom. The first kappa shape index (κ1) is 11.7. The molecule has 0 amide bonds. The predicted octanol–water partition coefficient (Wildman–Crippen LogP) is 2.35. The summed E-state index contributed by atoms with van der Waals surface area (Å²) in [6.07, 6.45) is 3.56. The third kappa shape index (κ3) is 2.85. The lowest BCUT2D eigenvalue weighted by Crippen LogP contribution is -2.19. The average molecular weight is 249 g/mol. The molecule has 0 aliphatic heterocycles. The van der Waals surface area contributed by atoms with Crippen molar-refractivity contribution in [2.75, 3.05) is 17.7 Å². The van der Waals surface area contributed by atoms with E-state index in [0.29, 0.717) is 23.2 Å². The number of hydrogen-bond donors (Lipinski definition) is 1. The van der Waals surface area contributed by atoms with Gasteiger partial charge in [0.15, 0.2) is 5.82 Å². The van der Waals surface area contributed by atoms with Gasteiger partial charge in [0, 0.05) is 26.0 Å². The van der Waals surface area contributed by atoms with E-state index in [9.17, 15) is 0 Å². The zero-order chi connectivity index (χ0) is 12.3. The SMILES string of the molecule is CN(Cc1cccnc1)c1nc(Cl)ccc1N. The van der Waals surface area contributed by atoms with E-state index in [1.807, 2.05) is 30.3 Å². The van der Waals surface area contributed by atoms with Gasteiger partial charge in [-0.15, -0.1) is 0 Å². The first-order chi connectivity index (χ1) is 8.16. The monoisotopic (exact) mass is 248 g/mol. The molecule has 0 aliphatic carbocycles. The minimum Gasteiger partial charge on any atom is -0.396 e. The molecule has 0 unspecified atom stereocenters. The van der Waals surface area contributed by atoms with Gasteiger partial charge in [-0.1, -0.05) is 17.7 Å². The second kappa shape index (κ2) is 5.01. The van der Waals surface area contributed by atoms with E-state index in [4.69, 9.17) is 17.3 Å². The molecule has 17 heavy (non-hydrogen) atoms. The lowest BCUT2D eigenvalue weighted by Gasteiger charge is -2.19. The molecular weight excluding hydrogens is 236 g/mol. The molecular formula is C12H13ClN4. The molecule has 4 nitrogen and oxygen atoms in total. The number of halogens is 1. The highest BCUT2D eigenvalue weighted by molar-refractivity contribution is 6.29. The fourth-order valence-electron chi connectivity index (χ4n) is 1.58. The zero-order valence-corrected chi connectivity index (χ0v) is 10.2. The minimum atomic E-state index is 0.437. The summed E-state index contributed by atoms with van der Waals surface area (Å²) in [5.74, 6) is 0.682. The summed E-state index contributed by atoms with van der Waals surface area (Å²) < 4.78 is 0. The molecule has 0 saturated heterocycles. The normalized spacial score (nSPS) is 10.2. The zero-order valence-electron chi connectivity index (χ0n) is 9.47. The van der Waals surface area contributed by atoms with Crippen molar-refractivity contribution < 1.29 is 0 Å². The van der Waals surface area contributed by atoms with E-state index in [0.717, 1.165) is 5.56 Å². The number of hydrogen-bond acceptors (Lipinski definition) is 4. The second-order valence-corrected chi connectivity index (χ2v) is 4.15. The van der Waals surface area contributed by atoms with Crippen LogP contribution >= 0.6 is 11.6 Å². The van der Waals surface area contributed by atoms with E-state index in [1.54, 1.807) is 18.3 Å². The van der Waals surface area contributed by atoms with Crippen LogP contribution in [0.2, 0.25) is 5.15 Å². The van der Waals surface area contributed by atoms with Crippen molar-refractivity contribution in [2.45, 2.75) is 6.54 Å². The van der Waals surface area contributed by atoms with E-state index in [-0.39, 0.29) is 0 Å². The summed E-state index contributed by atoms with van der Waals surface area (Å²) in [4.78, 5) is 10.2. The van der Waals surface area contributed by atoms with Crippen LogP contribution in [0.25, 0.3) is 0 Å². The highest BCUT2D eigenvalue weighted by atomic mass is 35.5. The molecule has 0 spiro atoms. The predicted molar refractivity (Wildman–Crippen MR) is 70.0 cm³/mol. The smallest absolute Gasteiger partial charge is 0.153 e. The average Bonchev–Trinajstić information content (AvgIpc) is 2.33. The summed E-state index contributed by atoms with van der Waals surface area (Å²) >= 11 is 5.86. The van der Waals surface area contributed by atoms with Crippen molar-refractivity contribution in [2.24, 2.45) is 0 Å². The van der Waals surface area contributed by atoms with Gasteiger partial charge in [0.25, 0.3) is 0 Å². The molecule has 0 fully saturated rings. The third-order valence-electron chi connectivity index (χ3n) is 2.38. The molecule has 0 atom stereocenters. The quantitative estimate of drug-likeness (QED) is 0.848. The number of nitrogens with zero attached hydrogens (tertiary/aromatic N) is 3. The maximum absolute atomic E-state index is 5.87. The van der Waals surface area contributed by atoms with Crippen molar-refractivity contribution in [1.82, 2.24) is 9.97 Å². The molecule has 2 aromatic rings. The molecule has 0 aliphatic rings. The van der Waals surface area contributed by atoms with E-state index >= 15 is 0 Å². The number of aromatic nitrogens is 2. The topological polar surface area (TPSA) is 55.0 Å². The molecule has 0 aromatic carbocycles. The molecule has 2 heterocycles. The Morgan fingerprint density at radius 1 is 1.35 bits per heavy atom. The highest BCUT2D eigenvalue weighted by Gasteiger charge is 2.08. The molecule has 5 heteroatoms. The first-order valence-corrected chi connectivity index (χ1v) is 5.56. The summed E-state index contributed by atoms with van der Waals surface area (Å²) in [5.41, 5.74) is 7.57. The first-order valence-electron chi connectivity index (χ1n) is 5.19. The number of nitrogen functional groups attached to an aromatic ring is 1. The molecule has 0 saturated carbocycles. The standard InChI is InChI=1S/C12H13ClN4/c1-17(8-9-3-2-6-15-7-9)12-10(14)4-5-11(13)16-12/h2-7H,8,14H2,1H3. The Hall–Kier alpha value is -1.81. The van der Waals surface area contributed by atoms with Crippen molar-refractivity contribution in [1.29, 1.82) is 0 Å². The van der Waals surface area contributed by atoms with Gasteiger partial charge in [0.1, 0.15) is 5.15 Å². The van der Waals surface area contributed by atoms with E-state index in [1.165, 1.54) is 0 Å². The number of rotatable bonds is 3. The Balaban J connectivity index is 2.20. The summed E-state index contributed by atoms with van der Waals surface area (Å²) in [5, 5.41) is 0.437. The van der Waals surface area contributed by atoms with Crippen LogP contribution in [0.1, 0.15) is 5.56 Å². The molecule has 2 rings (SSSR count). The van der Waals surface area contributed by atoms with E-state index in [2.05, 4.69) is 9.97 Å². The summed E-state index contributed by atoms with van der Waals surface area (Å²) in [7, 11) is 1.92. The Kier molecular flexibility index (Phi) is 3.44. The summed E-state index contributed by atoms with van der Waals surface area (Å²) in [6, 6.07) is 7.34. The second-order valence-electron chi connectivity index (χ2n) is 3.76. The van der Waals surface area contributed by atoms with Gasteiger partial charge in [-0.2, -0.15) is 0 Å². The van der Waals surface area contributed by atoms with E-state index < -0.39 is 0 Å². The van der Waals surface area contributed by atoms with Crippen LogP contribution in [0.15, 0.2) is 36.7 Å². The number of anilines is 2. The largest absolute Gasteiger partial charge is 0.396 e. The molecule has 0 bridgehead atoms. The van der Waals surface area contributed by atoms with Gasteiger partial charge < -0.3 is 10.6 Å². The third-order valence-corrected chi connectivity index (χ3v) is 2.59. The Morgan fingerprint density at radius 3 is 2.88 bits per heavy atom. The number of nitrogens with two attached hydrogens (primary N) is 1. The summed E-state index contributed by atoms with van der Waals surface area (Å²) in [6.45, 7) is 0.686. The minimum absolute atomic E-state index is 0.437. The fraction of sp³-hybridized carbons (Fsp3) is 0.167. The van der Waals surface area contributed by atoms with Crippen LogP contribution in [0.4, 0.5) is 11.5 Å². The maximum atomic E-state index is 5.87. The van der Waals surface area contributed by atoms with Crippen molar-refractivity contribution in [3.8, 4) is 0 Å². The van der Waals surface area contributed by atoms with Crippen LogP contribution in [-0.2, 0) is 6.54 Å². The van der Waals surface area contributed by atoms with Crippen LogP contribution < -0.4 is 10.6 Å². The van der Waals surface area contributed by atoms with Gasteiger partial charge in [-0.05, 0) is 23.8 Å². The van der Waals surface area contributed by atoms with Gasteiger partial charge in [0.05, 0.1) is 5.69 Å². The highest BCUT2D eigenvalue weighted by Crippen LogP contribution is 2.22. The molecule has 2 aromatic heterocycles. The lowest BCUT2D eigenvalue weighted by molar-refractivity contribution is 0.894. The molecule has 2 N–H and O–H groups in total. The van der Waals surface area contributed by atoms with Crippen molar-refractivity contribution in [3.63, 3.8) is 0 Å². The van der Waals surface area contributed by atoms with Gasteiger partial charge >= 0.3 is 0 Å². The number of pyridine rings is 2.